The number of benzene rings is 1. The number of nitrogens with one attached hydrogen (secondary N) is 2. The van der Waals surface area contributed by atoms with E-state index in [2.05, 4.69) is 10.6 Å². The Bertz CT molecular complexity index is 763. The van der Waals surface area contributed by atoms with Crippen molar-refractivity contribution in [3.63, 3.8) is 0 Å². The molecule has 0 atom stereocenters. The lowest BCUT2D eigenvalue weighted by atomic mass is 10.1. The fourth-order valence-electron chi connectivity index (χ4n) is 2.59. The fourth-order valence-corrected chi connectivity index (χ4v) is 3.55. The fraction of sp³-hybridized carbons (Fsp3) is 0.368. The van der Waals surface area contributed by atoms with E-state index in [0.717, 1.165) is 34.6 Å². The molecule has 1 saturated carbocycles. The van der Waals surface area contributed by atoms with Crippen molar-refractivity contribution in [1.29, 1.82) is 0 Å². The highest BCUT2D eigenvalue weighted by atomic mass is 32.1. The zero-order valence-electron chi connectivity index (χ0n) is 14.4. The van der Waals surface area contributed by atoms with E-state index >= 15 is 0 Å². The van der Waals surface area contributed by atoms with Crippen molar-refractivity contribution in [3.05, 3.63) is 40.1 Å². The van der Waals surface area contributed by atoms with Crippen LogP contribution in [0.15, 0.2) is 30.3 Å². The van der Waals surface area contributed by atoms with Gasteiger partial charge in [0.05, 0.1) is 12.0 Å². The van der Waals surface area contributed by atoms with Crippen molar-refractivity contribution in [2.24, 2.45) is 5.92 Å². The number of aryl methyl sites for hydroxylation is 1. The lowest BCUT2D eigenvalue weighted by Crippen LogP contribution is -2.35. The molecule has 6 heteroatoms. The molecule has 3 rings (SSSR count). The minimum absolute atomic E-state index is 0.100. The van der Waals surface area contributed by atoms with Crippen LogP contribution in [0.4, 0.5) is 0 Å². The lowest BCUT2D eigenvalue weighted by molar-refractivity contribution is -0.122. The molecule has 2 amide bonds. The molecule has 2 N–H and O–H groups in total. The van der Waals surface area contributed by atoms with Crippen LogP contribution in [0.5, 0.6) is 5.75 Å². The highest BCUT2D eigenvalue weighted by molar-refractivity contribution is 7.14. The molecule has 1 aromatic heterocycles. The van der Waals surface area contributed by atoms with Gasteiger partial charge in [0.1, 0.15) is 5.75 Å². The van der Waals surface area contributed by atoms with Crippen LogP contribution in [0, 0.1) is 12.8 Å². The summed E-state index contributed by atoms with van der Waals surface area (Å²) in [5.41, 5.74) is 2.12. The van der Waals surface area contributed by atoms with Crippen molar-refractivity contribution in [1.82, 2.24) is 10.6 Å². The van der Waals surface area contributed by atoms with Gasteiger partial charge in [0.15, 0.2) is 0 Å². The van der Waals surface area contributed by atoms with Gasteiger partial charge in [-0.2, -0.15) is 0 Å². The minimum atomic E-state index is -0.103. The summed E-state index contributed by atoms with van der Waals surface area (Å²) in [6, 6.07) is 9.72. The predicted molar refractivity (Wildman–Crippen MR) is 99.1 cm³/mol. The topological polar surface area (TPSA) is 67.4 Å². The Morgan fingerprint density at radius 2 is 1.84 bits per heavy atom. The molecule has 0 spiro atoms. The van der Waals surface area contributed by atoms with E-state index in [1.165, 1.54) is 11.3 Å². The molecule has 5 nitrogen and oxygen atoms in total. The number of carbonyl (C=O) groups is 2. The van der Waals surface area contributed by atoms with Crippen LogP contribution in [-0.4, -0.2) is 32.0 Å². The Kier molecular flexibility index (Phi) is 5.38. The van der Waals surface area contributed by atoms with E-state index in [1.54, 1.807) is 7.11 Å². The molecular formula is C19H22N2O3S. The van der Waals surface area contributed by atoms with E-state index in [-0.39, 0.29) is 17.7 Å². The highest BCUT2D eigenvalue weighted by Gasteiger charge is 2.29. The molecule has 0 saturated heterocycles. The standard InChI is InChI=1S/C19H22N2O3S/c1-12-16(13-5-7-15(24-2)8-6-13)11-17(25-12)19(23)21-10-9-20-18(22)14-3-4-14/h5-8,11,14H,3-4,9-10H2,1-2H3,(H,20,22)(H,21,23). The van der Waals surface area contributed by atoms with Crippen molar-refractivity contribution < 1.29 is 14.3 Å². The van der Waals surface area contributed by atoms with E-state index < -0.39 is 0 Å². The predicted octanol–water partition coefficient (Wildman–Crippen LogP) is 2.99. The number of methoxy groups -OCH3 is 1. The third-order valence-electron chi connectivity index (χ3n) is 4.20. The third-order valence-corrected chi connectivity index (χ3v) is 5.25. The molecule has 0 unspecified atom stereocenters. The van der Waals surface area contributed by atoms with Gasteiger partial charge in [-0.15, -0.1) is 11.3 Å². The Labute approximate surface area is 151 Å². The van der Waals surface area contributed by atoms with Crippen LogP contribution in [0.2, 0.25) is 0 Å². The Hall–Kier alpha value is -2.34. The van der Waals surface area contributed by atoms with Crippen LogP contribution >= 0.6 is 11.3 Å². The molecule has 0 aliphatic heterocycles. The molecular weight excluding hydrogens is 336 g/mol. The maximum Gasteiger partial charge on any atom is 0.261 e. The maximum atomic E-state index is 12.3. The van der Waals surface area contributed by atoms with Crippen molar-refractivity contribution in [2.75, 3.05) is 20.2 Å². The van der Waals surface area contributed by atoms with Gasteiger partial charge in [-0.1, -0.05) is 12.1 Å². The second-order valence-corrected chi connectivity index (χ2v) is 7.39. The minimum Gasteiger partial charge on any atom is -0.497 e. The monoisotopic (exact) mass is 358 g/mol. The summed E-state index contributed by atoms with van der Waals surface area (Å²) in [7, 11) is 1.64. The number of amides is 2. The number of hydrogen-bond donors (Lipinski definition) is 2. The number of ether oxygens (including phenoxy) is 1. The molecule has 1 fully saturated rings. The largest absolute Gasteiger partial charge is 0.497 e. The molecule has 0 radical (unpaired) electrons. The maximum absolute atomic E-state index is 12.3. The van der Waals surface area contributed by atoms with Gasteiger partial charge >= 0.3 is 0 Å². The molecule has 1 aliphatic rings. The normalized spacial score (nSPS) is 13.4. The second-order valence-electron chi connectivity index (χ2n) is 6.13. The van der Waals surface area contributed by atoms with E-state index in [1.807, 2.05) is 37.3 Å². The number of rotatable bonds is 7. The van der Waals surface area contributed by atoms with Crippen LogP contribution in [0.25, 0.3) is 11.1 Å². The third kappa shape index (κ3) is 4.39. The zero-order chi connectivity index (χ0) is 17.8. The average Bonchev–Trinajstić information content (AvgIpc) is 3.41. The first-order valence-corrected chi connectivity index (χ1v) is 9.21. The van der Waals surface area contributed by atoms with Crippen LogP contribution in [0.3, 0.4) is 0 Å². The Morgan fingerprint density at radius 1 is 1.16 bits per heavy atom. The summed E-state index contributed by atoms with van der Waals surface area (Å²) in [5.74, 6) is 1.00. The molecule has 25 heavy (non-hydrogen) atoms. The molecule has 2 aromatic rings. The summed E-state index contributed by atoms with van der Waals surface area (Å²) < 4.78 is 5.18. The first kappa shape index (κ1) is 17.5. The van der Waals surface area contributed by atoms with Gasteiger partial charge in [0.2, 0.25) is 5.91 Å². The summed E-state index contributed by atoms with van der Waals surface area (Å²) in [6.45, 7) is 2.92. The molecule has 0 bridgehead atoms. The first-order chi connectivity index (χ1) is 12.1. The van der Waals surface area contributed by atoms with Gasteiger partial charge in [0, 0.05) is 23.9 Å². The van der Waals surface area contributed by atoms with Crippen molar-refractivity contribution in [3.8, 4) is 16.9 Å². The highest BCUT2D eigenvalue weighted by Crippen LogP contribution is 2.32. The van der Waals surface area contributed by atoms with Gasteiger partial charge in [-0.3, -0.25) is 9.59 Å². The number of thiophene rings is 1. The average molecular weight is 358 g/mol. The van der Waals surface area contributed by atoms with Gasteiger partial charge in [-0.25, -0.2) is 0 Å². The summed E-state index contributed by atoms with van der Waals surface area (Å²) >= 11 is 1.48. The van der Waals surface area contributed by atoms with Gasteiger partial charge in [0.25, 0.3) is 5.91 Å². The van der Waals surface area contributed by atoms with E-state index in [4.69, 9.17) is 4.74 Å². The quantitative estimate of drug-likeness (QED) is 0.748. The molecule has 1 aliphatic carbocycles. The van der Waals surface area contributed by atoms with Crippen molar-refractivity contribution >= 4 is 23.2 Å². The zero-order valence-corrected chi connectivity index (χ0v) is 15.2. The molecule has 1 heterocycles. The van der Waals surface area contributed by atoms with Crippen molar-refractivity contribution in [2.45, 2.75) is 19.8 Å². The molecule has 1 aromatic carbocycles. The van der Waals surface area contributed by atoms with E-state index in [0.29, 0.717) is 18.0 Å². The number of hydrogen-bond acceptors (Lipinski definition) is 4. The molecule has 132 valence electrons. The summed E-state index contributed by atoms with van der Waals surface area (Å²) in [4.78, 5) is 25.6. The first-order valence-electron chi connectivity index (χ1n) is 8.39. The SMILES string of the molecule is COc1ccc(-c2cc(C(=O)NCCNC(=O)C3CC3)sc2C)cc1. The van der Waals surface area contributed by atoms with Crippen LogP contribution < -0.4 is 15.4 Å². The van der Waals surface area contributed by atoms with Crippen LogP contribution in [0.1, 0.15) is 27.4 Å². The number of carbonyl (C=O) groups excluding carboxylic acids is 2. The smallest absolute Gasteiger partial charge is 0.261 e. The summed E-state index contributed by atoms with van der Waals surface area (Å²) in [5, 5.41) is 5.70. The van der Waals surface area contributed by atoms with Crippen LogP contribution in [-0.2, 0) is 4.79 Å². The second kappa shape index (κ2) is 7.70. The lowest BCUT2D eigenvalue weighted by Gasteiger charge is -2.05. The van der Waals surface area contributed by atoms with Gasteiger partial charge in [-0.05, 0) is 49.1 Å². The Balaban J connectivity index is 1.56. The van der Waals surface area contributed by atoms with E-state index in [9.17, 15) is 9.59 Å². The Morgan fingerprint density at radius 3 is 2.48 bits per heavy atom. The van der Waals surface area contributed by atoms with Gasteiger partial charge < -0.3 is 15.4 Å². The summed E-state index contributed by atoms with van der Waals surface area (Å²) in [6.07, 6.45) is 1.97.